The lowest BCUT2D eigenvalue weighted by atomic mass is 10.1. The topological polar surface area (TPSA) is 50.9 Å². The highest BCUT2D eigenvalue weighted by atomic mass is 15.0. The number of aryl methyl sites for hydroxylation is 1. The van der Waals surface area contributed by atoms with Crippen LogP contribution in [0.2, 0.25) is 0 Å². The first-order valence-electron chi connectivity index (χ1n) is 6.18. The van der Waals surface area contributed by atoms with Crippen molar-refractivity contribution in [1.29, 1.82) is 0 Å². The standard InChI is InChI=1S/C13H21N3/c1-3-11(8-10-4-5-10)16-13-12(14)9(2)6-7-15-13/h6-7,10-11H,3-5,8,14H2,1-2H3,(H,15,16). The third-order valence-electron chi connectivity index (χ3n) is 3.36. The summed E-state index contributed by atoms with van der Waals surface area (Å²) in [5.41, 5.74) is 7.89. The second kappa shape index (κ2) is 4.73. The highest BCUT2D eigenvalue weighted by Crippen LogP contribution is 2.35. The molecule has 88 valence electrons. The van der Waals surface area contributed by atoms with E-state index in [2.05, 4.69) is 17.2 Å². The van der Waals surface area contributed by atoms with Crippen molar-refractivity contribution >= 4 is 11.5 Å². The van der Waals surface area contributed by atoms with Crippen LogP contribution in [-0.4, -0.2) is 11.0 Å². The lowest BCUT2D eigenvalue weighted by Gasteiger charge is -2.19. The van der Waals surface area contributed by atoms with Crippen molar-refractivity contribution in [3.8, 4) is 0 Å². The molecular weight excluding hydrogens is 198 g/mol. The van der Waals surface area contributed by atoms with E-state index in [-0.39, 0.29) is 0 Å². The molecule has 3 heteroatoms. The fourth-order valence-electron chi connectivity index (χ4n) is 1.96. The highest BCUT2D eigenvalue weighted by Gasteiger charge is 2.25. The number of hydrogen-bond acceptors (Lipinski definition) is 3. The first-order valence-corrected chi connectivity index (χ1v) is 6.18. The Hall–Kier alpha value is -1.25. The zero-order valence-electron chi connectivity index (χ0n) is 10.2. The van der Waals surface area contributed by atoms with Crippen molar-refractivity contribution in [3.05, 3.63) is 17.8 Å². The molecule has 1 heterocycles. The number of pyridine rings is 1. The van der Waals surface area contributed by atoms with Gasteiger partial charge in [0.1, 0.15) is 5.82 Å². The minimum Gasteiger partial charge on any atom is -0.396 e. The number of anilines is 2. The van der Waals surface area contributed by atoms with E-state index in [1.807, 2.05) is 19.2 Å². The lowest BCUT2D eigenvalue weighted by Crippen LogP contribution is -2.20. The average Bonchev–Trinajstić information content (AvgIpc) is 3.07. The Morgan fingerprint density at radius 3 is 2.94 bits per heavy atom. The van der Waals surface area contributed by atoms with Gasteiger partial charge < -0.3 is 11.1 Å². The van der Waals surface area contributed by atoms with Crippen molar-refractivity contribution in [2.75, 3.05) is 11.1 Å². The second-order valence-corrected chi connectivity index (χ2v) is 4.82. The van der Waals surface area contributed by atoms with Gasteiger partial charge in [-0.3, -0.25) is 0 Å². The van der Waals surface area contributed by atoms with Gasteiger partial charge in [-0.15, -0.1) is 0 Å². The SMILES string of the molecule is CCC(CC1CC1)Nc1nccc(C)c1N. The minimum atomic E-state index is 0.518. The molecular formula is C13H21N3. The van der Waals surface area contributed by atoms with Crippen LogP contribution >= 0.6 is 0 Å². The van der Waals surface area contributed by atoms with Gasteiger partial charge in [0.25, 0.3) is 0 Å². The normalized spacial score (nSPS) is 17.1. The lowest BCUT2D eigenvalue weighted by molar-refractivity contribution is 0.585. The Kier molecular flexibility index (Phi) is 3.32. The third-order valence-corrected chi connectivity index (χ3v) is 3.36. The van der Waals surface area contributed by atoms with Gasteiger partial charge in [0.15, 0.2) is 0 Å². The van der Waals surface area contributed by atoms with Crippen LogP contribution in [0.4, 0.5) is 11.5 Å². The molecule has 1 aromatic rings. The molecule has 16 heavy (non-hydrogen) atoms. The molecule has 0 radical (unpaired) electrons. The molecule has 2 rings (SSSR count). The predicted molar refractivity (Wildman–Crippen MR) is 68.4 cm³/mol. The van der Waals surface area contributed by atoms with E-state index in [0.29, 0.717) is 6.04 Å². The molecule has 1 saturated carbocycles. The molecule has 1 aliphatic carbocycles. The molecule has 0 aliphatic heterocycles. The third kappa shape index (κ3) is 2.65. The van der Waals surface area contributed by atoms with Crippen molar-refractivity contribution < 1.29 is 0 Å². The van der Waals surface area contributed by atoms with Crippen LogP contribution in [0.1, 0.15) is 38.2 Å². The fraction of sp³-hybridized carbons (Fsp3) is 0.615. The maximum atomic E-state index is 6.01. The molecule has 1 aliphatic rings. The van der Waals surface area contributed by atoms with Crippen LogP contribution in [0.15, 0.2) is 12.3 Å². The summed E-state index contributed by atoms with van der Waals surface area (Å²) in [5.74, 6) is 1.79. The van der Waals surface area contributed by atoms with E-state index >= 15 is 0 Å². The average molecular weight is 219 g/mol. The maximum absolute atomic E-state index is 6.01. The summed E-state index contributed by atoms with van der Waals surface area (Å²) >= 11 is 0. The summed E-state index contributed by atoms with van der Waals surface area (Å²) in [4.78, 5) is 4.32. The number of nitrogens with zero attached hydrogens (tertiary/aromatic N) is 1. The zero-order chi connectivity index (χ0) is 11.5. The van der Waals surface area contributed by atoms with E-state index in [1.165, 1.54) is 19.3 Å². The van der Waals surface area contributed by atoms with Crippen molar-refractivity contribution in [2.24, 2.45) is 5.92 Å². The van der Waals surface area contributed by atoms with Gasteiger partial charge in [-0.25, -0.2) is 4.98 Å². The van der Waals surface area contributed by atoms with E-state index in [4.69, 9.17) is 5.73 Å². The molecule has 1 aromatic heterocycles. The summed E-state index contributed by atoms with van der Waals surface area (Å²) < 4.78 is 0. The smallest absolute Gasteiger partial charge is 0.149 e. The van der Waals surface area contributed by atoms with Crippen molar-refractivity contribution in [1.82, 2.24) is 4.98 Å². The molecule has 0 amide bonds. The minimum absolute atomic E-state index is 0.518. The molecule has 3 nitrogen and oxygen atoms in total. The maximum Gasteiger partial charge on any atom is 0.149 e. The van der Waals surface area contributed by atoms with Crippen LogP contribution in [-0.2, 0) is 0 Å². The van der Waals surface area contributed by atoms with E-state index in [0.717, 1.165) is 29.4 Å². The van der Waals surface area contributed by atoms with Gasteiger partial charge in [-0.1, -0.05) is 19.8 Å². The monoisotopic (exact) mass is 219 g/mol. The quantitative estimate of drug-likeness (QED) is 0.800. The van der Waals surface area contributed by atoms with Crippen molar-refractivity contribution in [2.45, 2.75) is 45.6 Å². The van der Waals surface area contributed by atoms with E-state index < -0.39 is 0 Å². The summed E-state index contributed by atoms with van der Waals surface area (Å²) in [6.45, 7) is 4.23. The number of nitrogen functional groups attached to an aromatic ring is 1. The summed E-state index contributed by atoms with van der Waals surface area (Å²) in [5, 5.41) is 3.47. The van der Waals surface area contributed by atoms with Crippen LogP contribution in [0.25, 0.3) is 0 Å². The van der Waals surface area contributed by atoms with E-state index in [9.17, 15) is 0 Å². The molecule has 0 bridgehead atoms. The molecule has 0 aromatic carbocycles. The Morgan fingerprint density at radius 2 is 2.31 bits per heavy atom. The highest BCUT2D eigenvalue weighted by molar-refractivity contribution is 5.65. The molecule has 0 saturated heterocycles. The Morgan fingerprint density at radius 1 is 1.56 bits per heavy atom. The van der Waals surface area contributed by atoms with Crippen LogP contribution < -0.4 is 11.1 Å². The van der Waals surface area contributed by atoms with E-state index in [1.54, 1.807) is 0 Å². The van der Waals surface area contributed by atoms with Gasteiger partial charge in [-0.2, -0.15) is 0 Å². The number of aromatic nitrogens is 1. The number of hydrogen-bond donors (Lipinski definition) is 2. The number of nitrogens with one attached hydrogen (secondary N) is 1. The van der Waals surface area contributed by atoms with Crippen molar-refractivity contribution in [3.63, 3.8) is 0 Å². The Bertz CT molecular complexity index is 358. The van der Waals surface area contributed by atoms with Gasteiger partial charge in [0.2, 0.25) is 0 Å². The summed E-state index contributed by atoms with van der Waals surface area (Å²) in [6, 6.07) is 2.46. The summed E-state index contributed by atoms with van der Waals surface area (Å²) in [7, 11) is 0. The van der Waals surface area contributed by atoms with Gasteiger partial charge >= 0.3 is 0 Å². The largest absolute Gasteiger partial charge is 0.396 e. The molecule has 1 atom stereocenters. The second-order valence-electron chi connectivity index (χ2n) is 4.82. The van der Waals surface area contributed by atoms with Gasteiger partial charge in [0, 0.05) is 12.2 Å². The number of rotatable bonds is 5. The first kappa shape index (κ1) is 11.2. The van der Waals surface area contributed by atoms with Gasteiger partial charge in [0.05, 0.1) is 5.69 Å². The molecule has 1 unspecified atom stereocenters. The summed E-state index contributed by atoms with van der Waals surface area (Å²) in [6.07, 6.45) is 7.00. The Balaban J connectivity index is 2.02. The predicted octanol–water partition coefficient (Wildman–Crippen LogP) is 2.96. The molecule has 0 spiro atoms. The number of nitrogens with two attached hydrogens (primary N) is 1. The first-order chi connectivity index (χ1) is 7.70. The van der Waals surface area contributed by atoms with Crippen LogP contribution in [0.5, 0.6) is 0 Å². The van der Waals surface area contributed by atoms with Gasteiger partial charge in [-0.05, 0) is 37.3 Å². The van der Waals surface area contributed by atoms with Crippen LogP contribution in [0.3, 0.4) is 0 Å². The molecule has 3 N–H and O–H groups in total. The molecule has 1 fully saturated rings. The zero-order valence-corrected chi connectivity index (χ0v) is 10.2. The van der Waals surface area contributed by atoms with Crippen LogP contribution in [0, 0.1) is 12.8 Å². The fourth-order valence-corrected chi connectivity index (χ4v) is 1.96. The Labute approximate surface area is 97.5 Å².